The molecule has 0 aliphatic carbocycles. The van der Waals surface area contributed by atoms with Crippen LogP contribution in [-0.2, 0) is 11.3 Å². The fourth-order valence-electron chi connectivity index (χ4n) is 2.25. The molecule has 134 valence electrons. The van der Waals surface area contributed by atoms with E-state index in [1.807, 2.05) is 45.0 Å². The number of nitrogens with one attached hydrogen (secondary N) is 2. The van der Waals surface area contributed by atoms with Gasteiger partial charge in [-0.1, -0.05) is 26.0 Å². The van der Waals surface area contributed by atoms with E-state index in [1.54, 1.807) is 12.1 Å². The van der Waals surface area contributed by atoms with Crippen molar-refractivity contribution in [2.24, 2.45) is 11.7 Å². The van der Waals surface area contributed by atoms with Gasteiger partial charge in [-0.3, -0.25) is 9.59 Å². The van der Waals surface area contributed by atoms with E-state index >= 15 is 0 Å². The minimum atomic E-state index is -0.498. The molecule has 2 amide bonds. The molecule has 24 heavy (non-hydrogen) atoms. The number of likely N-dealkylation sites (N-methyl/N-ethyl adjacent to an activating group) is 1. The van der Waals surface area contributed by atoms with Gasteiger partial charge in [0.25, 0.3) is 5.91 Å². The molecular weight excluding hydrogens is 304 g/mol. The van der Waals surface area contributed by atoms with Gasteiger partial charge in [0.1, 0.15) is 0 Å². The molecule has 0 fully saturated rings. The lowest BCUT2D eigenvalue weighted by atomic mass is 10.0. The van der Waals surface area contributed by atoms with Crippen LogP contribution >= 0.6 is 0 Å². The van der Waals surface area contributed by atoms with Crippen LogP contribution in [0.25, 0.3) is 0 Å². The molecule has 0 spiro atoms. The molecule has 0 aliphatic heterocycles. The number of benzene rings is 1. The Kier molecular flexibility index (Phi) is 8.43. The number of carbonyl (C=O) groups excluding carboxylic acids is 2. The maximum absolute atomic E-state index is 12.1. The van der Waals surface area contributed by atoms with Gasteiger partial charge in [-0.2, -0.15) is 0 Å². The third kappa shape index (κ3) is 7.57. The molecule has 0 heterocycles. The number of amides is 2. The highest BCUT2D eigenvalue weighted by Crippen LogP contribution is 2.06. The van der Waals surface area contributed by atoms with E-state index in [9.17, 15) is 9.59 Å². The Morgan fingerprint density at radius 1 is 1.21 bits per heavy atom. The number of hydrogen-bond donors (Lipinski definition) is 3. The zero-order chi connectivity index (χ0) is 18.1. The molecule has 1 aromatic carbocycles. The van der Waals surface area contributed by atoms with E-state index in [4.69, 9.17) is 5.73 Å². The lowest BCUT2D eigenvalue weighted by Crippen LogP contribution is -2.41. The molecule has 0 aromatic heterocycles. The first-order valence-corrected chi connectivity index (χ1v) is 8.34. The highest BCUT2D eigenvalue weighted by atomic mass is 16.2. The van der Waals surface area contributed by atoms with Crippen molar-refractivity contribution < 1.29 is 9.59 Å². The minimum absolute atomic E-state index is 0.110. The first-order chi connectivity index (χ1) is 11.3. The van der Waals surface area contributed by atoms with Gasteiger partial charge in [-0.25, -0.2) is 0 Å². The molecule has 0 saturated heterocycles. The first kappa shape index (κ1) is 20.1. The Bertz CT molecular complexity index is 544. The van der Waals surface area contributed by atoms with Crippen LogP contribution in [0.3, 0.4) is 0 Å². The highest BCUT2D eigenvalue weighted by Gasteiger charge is 2.14. The summed E-state index contributed by atoms with van der Waals surface area (Å²) in [6.45, 7) is 5.81. The van der Waals surface area contributed by atoms with Crippen LogP contribution in [0.1, 0.15) is 36.2 Å². The summed E-state index contributed by atoms with van der Waals surface area (Å²) in [4.78, 5) is 26.1. The van der Waals surface area contributed by atoms with Gasteiger partial charge in [0.15, 0.2) is 0 Å². The van der Waals surface area contributed by atoms with Crippen LogP contribution in [0.15, 0.2) is 24.3 Å². The van der Waals surface area contributed by atoms with Crippen molar-refractivity contribution in [1.82, 2.24) is 15.5 Å². The summed E-state index contributed by atoms with van der Waals surface area (Å²) in [5.74, 6) is 0.103. The van der Waals surface area contributed by atoms with Gasteiger partial charge in [0.2, 0.25) is 5.91 Å². The molecule has 1 rings (SSSR count). The Morgan fingerprint density at radius 2 is 1.92 bits per heavy atom. The standard InChI is InChI=1S/C18H30N4O2/c1-13(2)10-16(19)18(24)21-12-14-6-5-7-15(11-14)17(23)20-8-9-22(3)4/h5-7,11,13,16H,8-10,12,19H2,1-4H3,(H,20,23)(H,21,24)/t16-/m0/s1. The molecule has 0 unspecified atom stereocenters. The van der Waals surface area contributed by atoms with Crippen LogP contribution in [0.2, 0.25) is 0 Å². The van der Waals surface area contributed by atoms with Crippen LogP contribution in [0, 0.1) is 5.92 Å². The predicted molar refractivity (Wildman–Crippen MR) is 96.6 cm³/mol. The van der Waals surface area contributed by atoms with Crippen molar-refractivity contribution in [3.63, 3.8) is 0 Å². The van der Waals surface area contributed by atoms with Crippen molar-refractivity contribution in [2.75, 3.05) is 27.2 Å². The SMILES string of the molecule is CC(C)C[C@H](N)C(=O)NCc1cccc(C(=O)NCCN(C)C)c1. The fourth-order valence-corrected chi connectivity index (χ4v) is 2.25. The van der Waals surface area contributed by atoms with Crippen LogP contribution in [0.5, 0.6) is 0 Å². The number of nitrogens with zero attached hydrogens (tertiary/aromatic N) is 1. The summed E-state index contributed by atoms with van der Waals surface area (Å²) < 4.78 is 0. The Hall–Kier alpha value is -1.92. The van der Waals surface area contributed by atoms with Gasteiger partial charge < -0.3 is 21.3 Å². The second kappa shape index (κ2) is 10.1. The summed E-state index contributed by atoms with van der Waals surface area (Å²) >= 11 is 0. The largest absolute Gasteiger partial charge is 0.351 e. The molecule has 1 atom stereocenters. The van der Waals surface area contributed by atoms with Crippen molar-refractivity contribution in [3.05, 3.63) is 35.4 Å². The monoisotopic (exact) mass is 334 g/mol. The lowest BCUT2D eigenvalue weighted by Gasteiger charge is -2.14. The van der Waals surface area contributed by atoms with Crippen LogP contribution in [0.4, 0.5) is 0 Å². The van der Waals surface area contributed by atoms with Gasteiger partial charge in [0.05, 0.1) is 6.04 Å². The maximum atomic E-state index is 12.1. The third-order valence-electron chi connectivity index (χ3n) is 3.56. The van der Waals surface area contributed by atoms with E-state index in [1.165, 1.54) is 0 Å². The summed E-state index contributed by atoms with van der Waals surface area (Å²) in [5.41, 5.74) is 7.32. The maximum Gasteiger partial charge on any atom is 0.251 e. The van der Waals surface area contributed by atoms with E-state index in [0.29, 0.717) is 31.0 Å². The zero-order valence-corrected chi connectivity index (χ0v) is 15.1. The Morgan fingerprint density at radius 3 is 2.54 bits per heavy atom. The average molecular weight is 334 g/mol. The van der Waals surface area contributed by atoms with Crippen molar-refractivity contribution >= 4 is 11.8 Å². The van der Waals surface area contributed by atoms with Gasteiger partial charge in [0, 0.05) is 25.2 Å². The van der Waals surface area contributed by atoms with Gasteiger partial charge in [-0.15, -0.1) is 0 Å². The zero-order valence-electron chi connectivity index (χ0n) is 15.1. The molecule has 0 bridgehead atoms. The van der Waals surface area contributed by atoms with Crippen molar-refractivity contribution in [2.45, 2.75) is 32.9 Å². The van der Waals surface area contributed by atoms with Gasteiger partial charge >= 0.3 is 0 Å². The molecule has 6 heteroatoms. The predicted octanol–water partition coefficient (Wildman–Crippen LogP) is 0.968. The molecule has 0 radical (unpaired) electrons. The van der Waals surface area contributed by atoms with E-state index in [2.05, 4.69) is 10.6 Å². The Labute approximate surface area is 144 Å². The Balaban J connectivity index is 2.53. The number of hydrogen-bond acceptors (Lipinski definition) is 4. The number of rotatable bonds is 9. The molecular formula is C18H30N4O2. The molecule has 6 nitrogen and oxygen atoms in total. The quantitative estimate of drug-likeness (QED) is 0.628. The number of nitrogens with two attached hydrogens (primary N) is 1. The summed E-state index contributed by atoms with van der Waals surface area (Å²) in [6, 6.07) is 6.75. The topological polar surface area (TPSA) is 87.5 Å². The normalized spacial score (nSPS) is 12.3. The molecule has 4 N–H and O–H groups in total. The van der Waals surface area contributed by atoms with Gasteiger partial charge in [-0.05, 0) is 44.1 Å². The second-order valence-electron chi connectivity index (χ2n) is 6.71. The van der Waals surface area contributed by atoms with Crippen molar-refractivity contribution in [1.29, 1.82) is 0 Å². The van der Waals surface area contributed by atoms with E-state index < -0.39 is 6.04 Å². The smallest absolute Gasteiger partial charge is 0.251 e. The molecule has 0 aliphatic rings. The fraction of sp³-hybridized carbons (Fsp3) is 0.556. The molecule has 1 aromatic rings. The van der Waals surface area contributed by atoms with E-state index in [-0.39, 0.29) is 11.8 Å². The van der Waals surface area contributed by atoms with E-state index in [0.717, 1.165) is 12.1 Å². The first-order valence-electron chi connectivity index (χ1n) is 8.34. The second-order valence-corrected chi connectivity index (χ2v) is 6.71. The lowest BCUT2D eigenvalue weighted by molar-refractivity contribution is -0.122. The molecule has 0 saturated carbocycles. The third-order valence-corrected chi connectivity index (χ3v) is 3.56. The minimum Gasteiger partial charge on any atom is -0.351 e. The summed E-state index contributed by atoms with van der Waals surface area (Å²) in [7, 11) is 3.92. The highest BCUT2D eigenvalue weighted by molar-refractivity contribution is 5.94. The average Bonchev–Trinajstić information content (AvgIpc) is 2.51. The van der Waals surface area contributed by atoms with Crippen LogP contribution in [-0.4, -0.2) is 49.9 Å². The summed E-state index contributed by atoms with van der Waals surface area (Å²) in [5, 5.41) is 5.70. The van der Waals surface area contributed by atoms with Crippen LogP contribution < -0.4 is 16.4 Å². The number of carbonyl (C=O) groups is 2. The van der Waals surface area contributed by atoms with Crippen molar-refractivity contribution in [3.8, 4) is 0 Å². The summed E-state index contributed by atoms with van der Waals surface area (Å²) in [6.07, 6.45) is 0.653.